The molecule has 1 amide bonds. The van der Waals surface area contributed by atoms with Crippen molar-refractivity contribution in [2.24, 2.45) is 5.92 Å². The summed E-state index contributed by atoms with van der Waals surface area (Å²) in [6.45, 7) is 10.1. The Morgan fingerprint density at radius 2 is 1.71 bits per heavy atom. The van der Waals surface area contributed by atoms with Gasteiger partial charge in [-0.25, -0.2) is 0 Å². The smallest absolute Gasteiger partial charge is 0.227 e. The standard InChI is InChI=1S/C14H21NO.Y/c1-6-10(3)14(16)15-13-11(4)7-9(2)8-12(13)5;/h7-8,10H,6H2,1-5H3,(H,15,16);. The monoisotopic (exact) mass is 308 g/mol. The second kappa shape index (κ2) is 7.28. The van der Waals surface area contributed by atoms with Gasteiger partial charge in [0, 0.05) is 44.3 Å². The number of carbonyl (C=O) groups is 1. The van der Waals surface area contributed by atoms with Gasteiger partial charge in [0.05, 0.1) is 0 Å². The van der Waals surface area contributed by atoms with E-state index >= 15 is 0 Å². The van der Waals surface area contributed by atoms with E-state index in [9.17, 15) is 4.79 Å². The molecule has 91 valence electrons. The summed E-state index contributed by atoms with van der Waals surface area (Å²) in [4.78, 5) is 11.8. The Balaban J connectivity index is 0.00000256. The van der Waals surface area contributed by atoms with Crippen LogP contribution in [-0.4, -0.2) is 5.91 Å². The predicted octanol–water partition coefficient (Wildman–Crippen LogP) is 3.59. The summed E-state index contributed by atoms with van der Waals surface area (Å²) in [5, 5.41) is 3.02. The summed E-state index contributed by atoms with van der Waals surface area (Å²) >= 11 is 0. The van der Waals surface area contributed by atoms with Crippen LogP contribution in [0.1, 0.15) is 37.0 Å². The Bertz CT molecular complexity index is 378. The first-order valence-corrected chi connectivity index (χ1v) is 5.84. The Morgan fingerprint density at radius 1 is 1.24 bits per heavy atom. The zero-order valence-electron chi connectivity index (χ0n) is 11.4. The molecule has 1 radical (unpaired) electrons. The van der Waals surface area contributed by atoms with Crippen LogP contribution in [0.15, 0.2) is 12.1 Å². The van der Waals surface area contributed by atoms with Crippen LogP contribution in [0.4, 0.5) is 5.69 Å². The Labute approximate surface area is 129 Å². The number of benzene rings is 1. The maximum Gasteiger partial charge on any atom is 0.227 e. The molecule has 1 unspecified atom stereocenters. The number of hydrogen-bond acceptors (Lipinski definition) is 1. The SMILES string of the molecule is CCC(C)C(=O)Nc1c(C)cc(C)cc1C.[Y]. The molecule has 0 bridgehead atoms. The predicted molar refractivity (Wildman–Crippen MR) is 68.7 cm³/mol. The minimum Gasteiger partial charge on any atom is -0.325 e. The minimum absolute atomic E-state index is 0. The first-order valence-electron chi connectivity index (χ1n) is 5.84. The van der Waals surface area contributed by atoms with Gasteiger partial charge in [-0.2, -0.15) is 0 Å². The quantitative estimate of drug-likeness (QED) is 0.908. The normalized spacial score (nSPS) is 11.6. The van der Waals surface area contributed by atoms with E-state index in [1.165, 1.54) is 5.56 Å². The molecule has 17 heavy (non-hydrogen) atoms. The van der Waals surface area contributed by atoms with Gasteiger partial charge in [0.1, 0.15) is 0 Å². The zero-order chi connectivity index (χ0) is 12.3. The van der Waals surface area contributed by atoms with Crippen molar-refractivity contribution in [3.63, 3.8) is 0 Å². The van der Waals surface area contributed by atoms with E-state index in [-0.39, 0.29) is 44.5 Å². The second-order valence-corrected chi connectivity index (χ2v) is 4.57. The summed E-state index contributed by atoms with van der Waals surface area (Å²) in [5.41, 5.74) is 4.47. The molecule has 1 aromatic carbocycles. The molecule has 3 heteroatoms. The van der Waals surface area contributed by atoms with Crippen molar-refractivity contribution in [1.29, 1.82) is 0 Å². The van der Waals surface area contributed by atoms with Crippen LogP contribution in [-0.2, 0) is 37.5 Å². The molecular weight excluding hydrogens is 287 g/mol. The van der Waals surface area contributed by atoms with E-state index in [1.807, 2.05) is 27.7 Å². The molecule has 0 spiro atoms. The number of amides is 1. The molecule has 1 rings (SSSR count). The van der Waals surface area contributed by atoms with Crippen molar-refractivity contribution in [3.8, 4) is 0 Å². The number of hydrogen-bond donors (Lipinski definition) is 1. The van der Waals surface area contributed by atoms with Crippen molar-refractivity contribution in [3.05, 3.63) is 28.8 Å². The fourth-order valence-corrected chi connectivity index (χ4v) is 1.81. The van der Waals surface area contributed by atoms with Crippen molar-refractivity contribution >= 4 is 11.6 Å². The largest absolute Gasteiger partial charge is 0.325 e. The maximum absolute atomic E-state index is 11.8. The van der Waals surface area contributed by atoms with E-state index in [1.54, 1.807) is 0 Å². The molecule has 0 aliphatic carbocycles. The summed E-state index contributed by atoms with van der Waals surface area (Å²) in [5.74, 6) is 0.178. The molecule has 1 N–H and O–H groups in total. The van der Waals surface area contributed by atoms with Crippen LogP contribution < -0.4 is 5.32 Å². The third-order valence-corrected chi connectivity index (χ3v) is 2.99. The van der Waals surface area contributed by atoms with Crippen LogP contribution >= 0.6 is 0 Å². The van der Waals surface area contributed by atoms with Crippen LogP contribution in [0, 0.1) is 26.7 Å². The van der Waals surface area contributed by atoms with Gasteiger partial charge in [0.2, 0.25) is 5.91 Å². The average molecular weight is 308 g/mol. The second-order valence-electron chi connectivity index (χ2n) is 4.57. The molecule has 1 atom stereocenters. The molecule has 0 aliphatic heterocycles. The first-order chi connectivity index (χ1) is 7.45. The minimum atomic E-state index is 0. The summed E-state index contributed by atoms with van der Waals surface area (Å²) in [6, 6.07) is 4.19. The van der Waals surface area contributed by atoms with E-state index in [0.717, 1.165) is 23.2 Å². The van der Waals surface area contributed by atoms with E-state index in [4.69, 9.17) is 0 Å². The van der Waals surface area contributed by atoms with E-state index < -0.39 is 0 Å². The molecule has 0 fully saturated rings. The van der Waals surface area contributed by atoms with Gasteiger partial charge in [0.15, 0.2) is 0 Å². The Hall–Kier alpha value is -0.206. The topological polar surface area (TPSA) is 29.1 Å². The molecule has 2 nitrogen and oxygen atoms in total. The Kier molecular flexibility index (Phi) is 7.19. The molecular formula is C14H21NOY. The summed E-state index contributed by atoms with van der Waals surface area (Å²) < 4.78 is 0. The first kappa shape index (κ1) is 16.8. The van der Waals surface area contributed by atoms with Crippen LogP contribution in [0.2, 0.25) is 0 Å². The van der Waals surface area contributed by atoms with Crippen molar-refractivity contribution < 1.29 is 37.5 Å². The molecule has 1 aromatic rings. The van der Waals surface area contributed by atoms with Gasteiger partial charge in [-0.15, -0.1) is 0 Å². The van der Waals surface area contributed by atoms with Gasteiger partial charge in [-0.05, 0) is 38.3 Å². The molecule has 0 aromatic heterocycles. The van der Waals surface area contributed by atoms with E-state index in [0.29, 0.717) is 0 Å². The van der Waals surface area contributed by atoms with Gasteiger partial charge in [-0.3, -0.25) is 4.79 Å². The van der Waals surface area contributed by atoms with Gasteiger partial charge in [-0.1, -0.05) is 31.5 Å². The molecule has 0 saturated carbocycles. The number of nitrogens with one attached hydrogen (secondary N) is 1. The summed E-state index contributed by atoms with van der Waals surface area (Å²) in [7, 11) is 0. The number of aryl methyl sites for hydroxylation is 3. The Morgan fingerprint density at radius 3 is 2.12 bits per heavy atom. The molecule has 0 aliphatic rings. The van der Waals surface area contributed by atoms with Crippen molar-refractivity contribution in [2.75, 3.05) is 5.32 Å². The molecule has 0 heterocycles. The van der Waals surface area contributed by atoms with Crippen LogP contribution in [0.25, 0.3) is 0 Å². The third kappa shape index (κ3) is 4.52. The van der Waals surface area contributed by atoms with Crippen LogP contribution in [0.5, 0.6) is 0 Å². The number of rotatable bonds is 3. The fraction of sp³-hybridized carbons (Fsp3) is 0.500. The number of carbonyl (C=O) groups excluding carboxylic acids is 1. The van der Waals surface area contributed by atoms with Crippen molar-refractivity contribution in [1.82, 2.24) is 0 Å². The summed E-state index contributed by atoms with van der Waals surface area (Å²) in [6.07, 6.45) is 0.871. The average Bonchev–Trinajstić information content (AvgIpc) is 2.21. The van der Waals surface area contributed by atoms with Crippen molar-refractivity contribution in [2.45, 2.75) is 41.0 Å². The van der Waals surface area contributed by atoms with Crippen LogP contribution in [0.3, 0.4) is 0 Å². The molecule has 0 saturated heterocycles. The van der Waals surface area contributed by atoms with Gasteiger partial charge >= 0.3 is 0 Å². The number of anilines is 1. The third-order valence-electron chi connectivity index (χ3n) is 2.99. The zero-order valence-corrected chi connectivity index (χ0v) is 14.3. The fourth-order valence-electron chi connectivity index (χ4n) is 1.81. The van der Waals surface area contributed by atoms with Gasteiger partial charge in [0.25, 0.3) is 0 Å². The van der Waals surface area contributed by atoms with Gasteiger partial charge < -0.3 is 5.32 Å². The maximum atomic E-state index is 11.8. The van der Waals surface area contributed by atoms with E-state index in [2.05, 4.69) is 24.4 Å².